The van der Waals surface area contributed by atoms with Gasteiger partial charge in [0.25, 0.3) is 0 Å². The van der Waals surface area contributed by atoms with Gasteiger partial charge >= 0.3 is 0 Å². The number of aromatic nitrogens is 1. The molecule has 4 rings (SSSR count). The van der Waals surface area contributed by atoms with Gasteiger partial charge in [0, 0.05) is 47.4 Å². The number of hydrogen-bond donors (Lipinski definition) is 1. The number of anilines is 1. The molecule has 0 atom stereocenters. The Labute approximate surface area is 170 Å². The number of para-hydroxylation sites is 1. The van der Waals surface area contributed by atoms with Crippen LogP contribution in [0.25, 0.3) is 10.9 Å². The molecule has 5 heteroatoms. The Morgan fingerprint density at radius 3 is 2.74 bits per heavy atom. The van der Waals surface area contributed by atoms with Crippen LogP contribution in [0.4, 0.5) is 5.69 Å². The SMILES string of the molecule is Cn1cc(CN(C(=S)Nc2cccc(Cl)c2)C2CCCC2)c2ccccc21. The summed E-state index contributed by atoms with van der Waals surface area (Å²) in [5.74, 6) is 0. The molecule has 0 spiro atoms. The number of fused-ring (bicyclic) bond motifs is 1. The second kappa shape index (κ2) is 7.91. The molecule has 0 saturated heterocycles. The first-order chi connectivity index (χ1) is 13.1. The van der Waals surface area contributed by atoms with E-state index in [0.29, 0.717) is 11.1 Å². The molecule has 1 aliphatic carbocycles. The van der Waals surface area contributed by atoms with Gasteiger partial charge in [0.2, 0.25) is 0 Å². The molecule has 2 aromatic carbocycles. The number of aryl methyl sites for hydroxylation is 1. The topological polar surface area (TPSA) is 20.2 Å². The first-order valence-electron chi connectivity index (χ1n) is 9.48. The lowest BCUT2D eigenvalue weighted by atomic mass is 10.1. The van der Waals surface area contributed by atoms with Crippen molar-refractivity contribution in [3.63, 3.8) is 0 Å². The fraction of sp³-hybridized carbons (Fsp3) is 0.318. The minimum absolute atomic E-state index is 0.489. The number of hydrogen-bond acceptors (Lipinski definition) is 1. The summed E-state index contributed by atoms with van der Waals surface area (Å²) in [5, 5.41) is 6.19. The number of nitrogens with one attached hydrogen (secondary N) is 1. The van der Waals surface area contributed by atoms with Gasteiger partial charge < -0.3 is 14.8 Å². The maximum absolute atomic E-state index is 6.13. The van der Waals surface area contributed by atoms with Crippen LogP contribution in [0.1, 0.15) is 31.2 Å². The van der Waals surface area contributed by atoms with E-state index in [-0.39, 0.29) is 0 Å². The van der Waals surface area contributed by atoms with Crippen molar-refractivity contribution in [2.45, 2.75) is 38.3 Å². The van der Waals surface area contributed by atoms with Gasteiger partial charge in [-0.05, 0) is 54.9 Å². The summed E-state index contributed by atoms with van der Waals surface area (Å²) in [6.45, 7) is 0.818. The molecule has 0 radical (unpaired) electrons. The highest BCUT2D eigenvalue weighted by Crippen LogP contribution is 2.29. The highest BCUT2D eigenvalue weighted by atomic mass is 35.5. The molecule has 0 amide bonds. The lowest BCUT2D eigenvalue weighted by Gasteiger charge is -2.31. The maximum Gasteiger partial charge on any atom is 0.173 e. The van der Waals surface area contributed by atoms with Gasteiger partial charge in [-0.25, -0.2) is 0 Å². The third-order valence-corrected chi connectivity index (χ3v) is 5.99. The zero-order valence-electron chi connectivity index (χ0n) is 15.5. The molecule has 3 aromatic rings. The van der Waals surface area contributed by atoms with Crippen molar-refractivity contribution >= 4 is 45.5 Å². The first kappa shape index (κ1) is 18.3. The molecule has 1 saturated carbocycles. The van der Waals surface area contributed by atoms with E-state index in [1.807, 2.05) is 24.3 Å². The summed E-state index contributed by atoms with van der Waals surface area (Å²) < 4.78 is 2.20. The van der Waals surface area contributed by atoms with Crippen LogP contribution in [-0.2, 0) is 13.6 Å². The number of halogens is 1. The zero-order chi connectivity index (χ0) is 18.8. The van der Waals surface area contributed by atoms with E-state index in [1.54, 1.807) is 0 Å². The van der Waals surface area contributed by atoms with Crippen molar-refractivity contribution in [3.8, 4) is 0 Å². The molecule has 0 aliphatic heterocycles. The van der Waals surface area contributed by atoms with Crippen LogP contribution in [0.15, 0.2) is 54.7 Å². The molecule has 1 aromatic heterocycles. The Morgan fingerprint density at radius 1 is 1.19 bits per heavy atom. The van der Waals surface area contributed by atoms with E-state index in [2.05, 4.69) is 52.3 Å². The molecule has 140 valence electrons. The van der Waals surface area contributed by atoms with E-state index >= 15 is 0 Å². The van der Waals surface area contributed by atoms with Crippen LogP contribution in [-0.4, -0.2) is 20.6 Å². The van der Waals surface area contributed by atoms with Gasteiger partial charge in [0.15, 0.2) is 5.11 Å². The normalized spacial score (nSPS) is 14.6. The van der Waals surface area contributed by atoms with Crippen molar-refractivity contribution in [1.29, 1.82) is 0 Å². The Hall–Kier alpha value is -2.04. The van der Waals surface area contributed by atoms with Crippen LogP contribution in [0.2, 0.25) is 5.02 Å². The third-order valence-electron chi connectivity index (χ3n) is 5.42. The van der Waals surface area contributed by atoms with Crippen molar-refractivity contribution in [2.24, 2.45) is 7.05 Å². The lowest BCUT2D eigenvalue weighted by Crippen LogP contribution is -2.40. The van der Waals surface area contributed by atoms with Gasteiger partial charge in [-0.3, -0.25) is 0 Å². The monoisotopic (exact) mass is 397 g/mol. The Morgan fingerprint density at radius 2 is 1.96 bits per heavy atom. The van der Waals surface area contributed by atoms with E-state index in [9.17, 15) is 0 Å². The Kier molecular flexibility index (Phi) is 5.37. The minimum Gasteiger partial charge on any atom is -0.350 e. The van der Waals surface area contributed by atoms with Gasteiger partial charge in [0.05, 0.1) is 0 Å². The molecule has 0 bridgehead atoms. The fourth-order valence-electron chi connectivity index (χ4n) is 4.08. The second-order valence-electron chi connectivity index (χ2n) is 7.29. The first-order valence-corrected chi connectivity index (χ1v) is 10.3. The van der Waals surface area contributed by atoms with Gasteiger partial charge in [-0.2, -0.15) is 0 Å². The van der Waals surface area contributed by atoms with E-state index in [1.165, 1.54) is 42.1 Å². The largest absolute Gasteiger partial charge is 0.350 e. The summed E-state index contributed by atoms with van der Waals surface area (Å²) in [6.07, 6.45) is 7.17. The predicted octanol–water partition coefficient (Wildman–Crippen LogP) is 5.97. The van der Waals surface area contributed by atoms with Crippen molar-refractivity contribution in [3.05, 3.63) is 65.3 Å². The Balaban J connectivity index is 1.61. The summed E-state index contributed by atoms with van der Waals surface area (Å²) in [5.41, 5.74) is 3.51. The van der Waals surface area contributed by atoms with Crippen molar-refractivity contribution in [1.82, 2.24) is 9.47 Å². The van der Waals surface area contributed by atoms with Crippen LogP contribution in [0, 0.1) is 0 Å². The van der Waals surface area contributed by atoms with Gasteiger partial charge in [0.1, 0.15) is 0 Å². The molecular weight excluding hydrogens is 374 g/mol. The summed E-state index contributed by atoms with van der Waals surface area (Å²) in [4.78, 5) is 2.37. The zero-order valence-corrected chi connectivity index (χ0v) is 17.1. The number of nitrogens with zero attached hydrogens (tertiary/aromatic N) is 2. The predicted molar refractivity (Wildman–Crippen MR) is 118 cm³/mol. The second-order valence-corrected chi connectivity index (χ2v) is 8.11. The minimum atomic E-state index is 0.489. The number of rotatable bonds is 4. The van der Waals surface area contributed by atoms with Crippen LogP contribution in [0.5, 0.6) is 0 Å². The maximum atomic E-state index is 6.13. The summed E-state index contributed by atoms with van der Waals surface area (Å²) >= 11 is 12.0. The molecule has 27 heavy (non-hydrogen) atoms. The summed E-state index contributed by atoms with van der Waals surface area (Å²) in [6, 6.07) is 16.8. The van der Waals surface area contributed by atoms with Crippen LogP contribution < -0.4 is 5.32 Å². The standard InChI is InChI=1S/C22H24ClN3S/c1-25-14-16(20-11-4-5-12-21(20)25)15-26(19-9-2-3-10-19)22(27)24-18-8-6-7-17(23)13-18/h4-8,11-14,19H,2-3,9-10,15H2,1H3,(H,24,27). The van der Waals surface area contributed by atoms with Crippen molar-refractivity contribution in [2.75, 3.05) is 5.32 Å². The quantitative estimate of drug-likeness (QED) is 0.547. The van der Waals surface area contributed by atoms with Gasteiger partial charge in [-0.1, -0.05) is 48.7 Å². The average molecular weight is 398 g/mol. The smallest absolute Gasteiger partial charge is 0.173 e. The Bertz CT molecular complexity index is 959. The molecule has 1 N–H and O–H groups in total. The lowest BCUT2D eigenvalue weighted by molar-refractivity contribution is 0.313. The highest BCUT2D eigenvalue weighted by Gasteiger charge is 2.26. The highest BCUT2D eigenvalue weighted by molar-refractivity contribution is 7.80. The molecular formula is C22H24ClN3S. The van der Waals surface area contributed by atoms with E-state index in [0.717, 1.165) is 17.3 Å². The number of benzene rings is 2. The number of thiocarbonyl (C=S) groups is 1. The van der Waals surface area contributed by atoms with E-state index < -0.39 is 0 Å². The fourth-order valence-corrected chi connectivity index (χ4v) is 4.60. The summed E-state index contributed by atoms with van der Waals surface area (Å²) in [7, 11) is 2.11. The average Bonchev–Trinajstić information content (AvgIpc) is 3.29. The van der Waals surface area contributed by atoms with E-state index in [4.69, 9.17) is 23.8 Å². The van der Waals surface area contributed by atoms with Crippen molar-refractivity contribution < 1.29 is 0 Å². The third kappa shape index (κ3) is 3.97. The van der Waals surface area contributed by atoms with Gasteiger partial charge in [-0.15, -0.1) is 0 Å². The molecule has 1 heterocycles. The molecule has 1 aliphatic rings. The van der Waals surface area contributed by atoms with Crippen LogP contribution >= 0.6 is 23.8 Å². The van der Waals surface area contributed by atoms with Crippen LogP contribution in [0.3, 0.4) is 0 Å². The molecule has 0 unspecified atom stereocenters. The molecule has 1 fully saturated rings. The molecule has 3 nitrogen and oxygen atoms in total.